The molecule has 0 fully saturated rings. The Bertz CT molecular complexity index is 1300. The number of imidazole rings is 1. The lowest BCUT2D eigenvalue weighted by molar-refractivity contribution is 0.298. The predicted molar refractivity (Wildman–Crippen MR) is 120 cm³/mol. The molecule has 0 atom stereocenters. The molecule has 2 N–H and O–H groups in total. The molecular weight excluding hydrogens is 372 g/mol. The topological polar surface area (TPSA) is 50.6 Å². The van der Waals surface area contributed by atoms with E-state index < -0.39 is 0 Å². The minimum Gasteiger partial charge on any atom is -0.487 e. The van der Waals surface area contributed by atoms with Crippen LogP contribution in [0.4, 0.5) is 11.4 Å². The normalized spacial score (nSPS) is 13.2. The molecule has 1 aliphatic heterocycles. The number of hydrogen-bond acceptors (Lipinski definition) is 4. The van der Waals surface area contributed by atoms with E-state index in [1.165, 1.54) is 10.8 Å². The molecule has 30 heavy (non-hydrogen) atoms. The Morgan fingerprint density at radius 3 is 2.40 bits per heavy atom. The first-order valence-electron chi connectivity index (χ1n) is 10.0. The number of fused-ring (bicyclic) bond motifs is 1. The number of anilines is 2. The molecule has 6 rings (SSSR count). The highest BCUT2D eigenvalue weighted by atomic mass is 16.5. The highest BCUT2D eigenvalue weighted by Gasteiger charge is 2.22. The summed E-state index contributed by atoms with van der Waals surface area (Å²) in [5, 5.41) is 9.70. The summed E-state index contributed by atoms with van der Waals surface area (Å²) in [5.74, 6) is 0.839. The van der Waals surface area contributed by atoms with Crippen molar-refractivity contribution in [1.82, 2.24) is 9.38 Å². The van der Waals surface area contributed by atoms with Gasteiger partial charge >= 0.3 is 0 Å². The molecule has 5 nitrogen and oxygen atoms in total. The second-order valence-corrected chi connectivity index (χ2v) is 7.46. The first-order chi connectivity index (χ1) is 14.8. The highest BCUT2D eigenvalue weighted by molar-refractivity contribution is 6.04. The summed E-state index contributed by atoms with van der Waals surface area (Å²) in [7, 11) is 0. The molecule has 1 aliphatic rings. The molecule has 0 radical (unpaired) electrons. The van der Waals surface area contributed by atoms with Crippen LogP contribution in [0, 0.1) is 0 Å². The van der Waals surface area contributed by atoms with E-state index in [2.05, 4.69) is 58.1 Å². The minimum atomic E-state index is -0.0808. The van der Waals surface area contributed by atoms with Gasteiger partial charge in [0.2, 0.25) is 0 Å². The van der Waals surface area contributed by atoms with Gasteiger partial charge in [0.25, 0.3) is 0 Å². The van der Waals surface area contributed by atoms with Crippen LogP contribution in [0.5, 0.6) is 5.75 Å². The fraction of sp³-hybridized carbons (Fsp3) is 0.0800. The number of hydrogen-bond donors (Lipinski definition) is 2. The Morgan fingerprint density at radius 1 is 0.833 bits per heavy atom. The molecular formula is C25H20N4O. The van der Waals surface area contributed by atoms with Crippen molar-refractivity contribution in [3.8, 4) is 5.75 Å². The molecule has 0 amide bonds. The van der Waals surface area contributed by atoms with Crippen LogP contribution in [-0.2, 0) is 6.61 Å². The Morgan fingerprint density at radius 2 is 1.60 bits per heavy atom. The van der Waals surface area contributed by atoms with E-state index in [1.54, 1.807) is 0 Å². The number of benzene rings is 3. The van der Waals surface area contributed by atoms with E-state index in [9.17, 15) is 0 Å². The lowest BCUT2D eigenvalue weighted by Crippen LogP contribution is -2.24. The Labute approximate surface area is 174 Å². The van der Waals surface area contributed by atoms with Gasteiger partial charge in [0.05, 0.1) is 5.69 Å². The smallest absolute Gasteiger partial charge is 0.137 e. The van der Waals surface area contributed by atoms with Crippen LogP contribution in [0.15, 0.2) is 91.3 Å². The molecule has 0 saturated carbocycles. The maximum Gasteiger partial charge on any atom is 0.137 e. The zero-order chi connectivity index (χ0) is 19.9. The van der Waals surface area contributed by atoms with Crippen LogP contribution >= 0.6 is 0 Å². The van der Waals surface area contributed by atoms with E-state index in [-0.39, 0.29) is 6.17 Å². The Hall–Kier alpha value is -3.99. The number of ether oxygens (including phenoxy) is 1. The molecule has 146 valence electrons. The van der Waals surface area contributed by atoms with E-state index in [0.717, 1.165) is 34.0 Å². The van der Waals surface area contributed by atoms with Crippen LogP contribution in [0.25, 0.3) is 16.4 Å². The summed E-state index contributed by atoms with van der Waals surface area (Å²) < 4.78 is 8.22. The molecule has 0 bridgehead atoms. The lowest BCUT2D eigenvalue weighted by Gasteiger charge is -2.30. The number of aromatic nitrogens is 2. The second kappa shape index (κ2) is 6.81. The number of para-hydroxylation sites is 1. The standard InChI is InChI=1S/C25H20N4O/c1-2-12-22(30-16-18-15-29-14-4-3-13-23(29)26-18)19(9-1)25-27-20-10-5-7-17-8-6-11-21(28-25)24(17)20/h1-15,25,27-28H,16H2. The SMILES string of the molecule is c1ccc(C2Nc3cccc4cccc(c34)N2)c(OCc2cn3ccccc3n2)c1. The van der Waals surface area contributed by atoms with Crippen molar-refractivity contribution in [3.63, 3.8) is 0 Å². The van der Waals surface area contributed by atoms with Crippen molar-refractivity contribution in [3.05, 3.63) is 103 Å². The first kappa shape index (κ1) is 16.9. The monoisotopic (exact) mass is 392 g/mol. The Kier molecular flexibility index (Phi) is 3.84. The fourth-order valence-electron chi connectivity index (χ4n) is 4.14. The molecule has 5 heteroatoms. The van der Waals surface area contributed by atoms with Crippen LogP contribution < -0.4 is 15.4 Å². The maximum absolute atomic E-state index is 6.21. The van der Waals surface area contributed by atoms with Gasteiger partial charge in [-0.05, 0) is 35.7 Å². The quantitative estimate of drug-likeness (QED) is 0.418. The van der Waals surface area contributed by atoms with E-state index in [4.69, 9.17) is 4.74 Å². The first-order valence-corrected chi connectivity index (χ1v) is 10.0. The summed E-state index contributed by atoms with van der Waals surface area (Å²) in [6.45, 7) is 0.414. The van der Waals surface area contributed by atoms with Crippen molar-refractivity contribution in [2.24, 2.45) is 0 Å². The maximum atomic E-state index is 6.21. The van der Waals surface area contributed by atoms with Gasteiger partial charge in [-0.25, -0.2) is 4.98 Å². The predicted octanol–water partition coefficient (Wildman–Crippen LogP) is 5.60. The average molecular weight is 392 g/mol. The van der Waals surface area contributed by atoms with Gasteiger partial charge in [0.15, 0.2) is 0 Å². The number of pyridine rings is 1. The molecule has 0 spiro atoms. The summed E-state index contributed by atoms with van der Waals surface area (Å²) in [6, 6.07) is 26.8. The summed E-state index contributed by atoms with van der Waals surface area (Å²) in [5.41, 5.74) is 5.14. The van der Waals surface area contributed by atoms with Crippen molar-refractivity contribution < 1.29 is 4.74 Å². The van der Waals surface area contributed by atoms with Crippen LogP contribution in [0.1, 0.15) is 17.4 Å². The largest absolute Gasteiger partial charge is 0.487 e. The van der Waals surface area contributed by atoms with E-state index >= 15 is 0 Å². The number of nitrogens with zero attached hydrogens (tertiary/aromatic N) is 2. The second-order valence-electron chi connectivity index (χ2n) is 7.46. The van der Waals surface area contributed by atoms with Gasteiger partial charge in [0.1, 0.15) is 24.2 Å². The third kappa shape index (κ3) is 2.83. The van der Waals surface area contributed by atoms with E-state index in [0.29, 0.717) is 6.61 Å². The third-order valence-corrected chi connectivity index (χ3v) is 5.52. The molecule has 0 unspecified atom stereocenters. The number of rotatable bonds is 4. The summed E-state index contributed by atoms with van der Waals surface area (Å²) >= 11 is 0. The zero-order valence-corrected chi connectivity index (χ0v) is 16.2. The van der Waals surface area contributed by atoms with Crippen molar-refractivity contribution >= 4 is 27.8 Å². The molecule has 0 aliphatic carbocycles. The van der Waals surface area contributed by atoms with Gasteiger partial charge in [-0.2, -0.15) is 0 Å². The van der Waals surface area contributed by atoms with Crippen molar-refractivity contribution in [1.29, 1.82) is 0 Å². The average Bonchev–Trinajstić information content (AvgIpc) is 3.21. The van der Waals surface area contributed by atoms with Gasteiger partial charge in [0, 0.05) is 34.7 Å². The molecule has 3 aromatic carbocycles. The van der Waals surface area contributed by atoms with Gasteiger partial charge in [-0.15, -0.1) is 0 Å². The summed E-state index contributed by atoms with van der Waals surface area (Å²) in [6.07, 6.45) is 3.92. The minimum absolute atomic E-state index is 0.0808. The molecule has 5 aromatic rings. The highest BCUT2D eigenvalue weighted by Crippen LogP contribution is 2.40. The molecule has 3 heterocycles. The summed E-state index contributed by atoms with van der Waals surface area (Å²) in [4.78, 5) is 4.63. The van der Waals surface area contributed by atoms with Crippen LogP contribution in [0.3, 0.4) is 0 Å². The van der Waals surface area contributed by atoms with Crippen LogP contribution in [-0.4, -0.2) is 9.38 Å². The zero-order valence-electron chi connectivity index (χ0n) is 16.2. The van der Waals surface area contributed by atoms with E-state index in [1.807, 2.05) is 53.2 Å². The Balaban J connectivity index is 1.30. The number of nitrogens with one attached hydrogen (secondary N) is 2. The van der Waals surface area contributed by atoms with Crippen LogP contribution in [0.2, 0.25) is 0 Å². The third-order valence-electron chi connectivity index (χ3n) is 5.52. The van der Waals surface area contributed by atoms with Crippen molar-refractivity contribution in [2.75, 3.05) is 10.6 Å². The van der Waals surface area contributed by atoms with Gasteiger partial charge < -0.3 is 19.8 Å². The van der Waals surface area contributed by atoms with Gasteiger partial charge in [-0.3, -0.25) is 0 Å². The molecule has 2 aromatic heterocycles. The van der Waals surface area contributed by atoms with Crippen molar-refractivity contribution in [2.45, 2.75) is 12.8 Å². The van der Waals surface area contributed by atoms with Gasteiger partial charge in [-0.1, -0.05) is 48.5 Å². The lowest BCUT2D eigenvalue weighted by atomic mass is 10.0. The fourth-order valence-corrected chi connectivity index (χ4v) is 4.14. The molecule has 0 saturated heterocycles.